The van der Waals surface area contributed by atoms with Crippen LogP contribution in [0.5, 0.6) is 0 Å². The first-order chi connectivity index (χ1) is 10.4. The molecular formula is C17H23NO4. The third-order valence-corrected chi connectivity index (χ3v) is 5.99. The van der Waals surface area contributed by atoms with Gasteiger partial charge in [0, 0.05) is 0 Å². The first kappa shape index (κ1) is 14.2. The molecule has 1 heterocycles. The average molecular weight is 305 g/mol. The Kier molecular flexibility index (Phi) is 2.96. The van der Waals surface area contributed by atoms with Crippen LogP contribution in [0.4, 0.5) is 0 Å². The van der Waals surface area contributed by atoms with E-state index in [9.17, 15) is 9.90 Å². The smallest absolute Gasteiger partial charge is 0.312 e. The van der Waals surface area contributed by atoms with Crippen molar-refractivity contribution < 1.29 is 19.2 Å². The molecule has 4 aliphatic rings. The Hall–Kier alpha value is -1.36. The molecular weight excluding hydrogens is 282 g/mol. The monoisotopic (exact) mass is 305 g/mol. The number of nitrogens with zero attached hydrogens (tertiary/aromatic N) is 1. The van der Waals surface area contributed by atoms with Gasteiger partial charge in [-0.15, -0.1) is 0 Å². The van der Waals surface area contributed by atoms with Crippen molar-refractivity contribution in [1.29, 1.82) is 0 Å². The molecule has 1 aromatic heterocycles. The molecule has 1 N–H and O–H groups in total. The second-order valence-electron chi connectivity index (χ2n) is 7.84. The zero-order chi connectivity index (χ0) is 15.5. The molecule has 0 spiro atoms. The maximum atomic E-state index is 12.8. The van der Waals surface area contributed by atoms with Crippen molar-refractivity contribution in [2.45, 2.75) is 64.6 Å². The minimum Gasteiger partial charge on any atom is -0.460 e. The van der Waals surface area contributed by atoms with Crippen molar-refractivity contribution in [3.8, 4) is 0 Å². The van der Waals surface area contributed by atoms with Crippen molar-refractivity contribution >= 4 is 5.97 Å². The van der Waals surface area contributed by atoms with E-state index >= 15 is 0 Å². The van der Waals surface area contributed by atoms with Crippen LogP contribution in [0.1, 0.15) is 55.5 Å². The second kappa shape index (κ2) is 4.57. The van der Waals surface area contributed by atoms with Crippen LogP contribution in [0.3, 0.4) is 0 Å². The molecule has 0 aromatic carbocycles. The van der Waals surface area contributed by atoms with E-state index in [-0.39, 0.29) is 12.6 Å². The Bertz CT molecular complexity index is 587. The molecule has 0 saturated heterocycles. The predicted molar refractivity (Wildman–Crippen MR) is 77.8 cm³/mol. The molecule has 120 valence electrons. The van der Waals surface area contributed by atoms with Crippen molar-refractivity contribution in [1.82, 2.24) is 5.16 Å². The van der Waals surface area contributed by atoms with Crippen LogP contribution in [0.15, 0.2) is 4.52 Å². The molecule has 22 heavy (non-hydrogen) atoms. The van der Waals surface area contributed by atoms with Crippen LogP contribution in [0, 0.1) is 31.1 Å². The molecule has 5 heteroatoms. The van der Waals surface area contributed by atoms with Gasteiger partial charge < -0.3 is 14.4 Å². The summed E-state index contributed by atoms with van der Waals surface area (Å²) in [7, 11) is 0. The molecule has 0 aliphatic heterocycles. The summed E-state index contributed by atoms with van der Waals surface area (Å²) in [5, 5.41) is 14.6. The van der Waals surface area contributed by atoms with Crippen molar-refractivity contribution in [2.24, 2.45) is 17.3 Å². The lowest BCUT2D eigenvalue weighted by Crippen LogP contribution is -2.58. The Morgan fingerprint density at radius 3 is 2.55 bits per heavy atom. The lowest BCUT2D eigenvalue weighted by molar-refractivity contribution is -0.197. The van der Waals surface area contributed by atoms with Crippen molar-refractivity contribution in [2.75, 3.05) is 0 Å². The molecule has 2 atom stereocenters. The Morgan fingerprint density at radius 2 is 2.00 bits per heavy atom. The van der Waals surface area contributed by atoms with Crippen molar-refractivity contribution in [3.63, 3.8) is 0 Å². The highest BCUT2D eigenvalue weighted by molar-refractivity contribution is 5.77. The standard InChI is InChI=1S/C17H23NO4/c1-10-14(11(2)22-18-10)8-21-15(19)16-4-12-3-13(5-16)7-17(20,6-12)9-16/h12-13,20H,3-9H2,1-2H3/t12-,13-,16?,17?/m1/s1. The Morgan fingerprint density at radius 1 is 1.32 bits per heavy atom. The summed E-state index contributed by atoms with van der Waals surface area (Å²) in [4.78, 5) is 12.8. The normalized spacial score (nSPS) is 39.2. The van der Waals surface area contributed by atoms with Gasteiger partial charge in [0.1, 0.15) is 12.4 Å². The molecule has 4 saturated carbocycles. The van der Waals surface area contributed by atoms with Crippen LogP contribution < -0.4 is 0 Å². The number of hydrogen-bond acceptors (Lipinski definition) is 5. The summed E-state index contributed by atoms with van der Waals surface area (Å²) in [5.41, 5.74) is 0.537. The SMILES string of the molecule is Cc1noc(C)c1COC(=O)C12C[C@H]3C[C@@H](CC(O)(C3)C1)C2. The number of ether oxygens (including phenoxy) is 1. The predicted octanol–water partition coefficient (Wildman–Crippen LogP) is 2.67. The molecule has 4 aliphatic carbocycles. The number of carbonyl (C=O) groups is 1. The van der Waals surface area contributed by atoms with E-state index in [0.29, 0.717) is 24.0 Å². The number of aryl methyl sites for hydroxylation is 2. The van der Waals surface area contributed by atoms with Gasteiger partial charge in [0.25, 0.3) is 0 Å². The van der Waals surface area contributed by atoms with Gasteiger partial charge in [-0.05, 0) is 64.2 Å². The summed E-state index contributed by atoms with van der Waals surface area (Å²) in [6.07, 6.45) is 5.23. The fourth-order valence-corrected chi connectivity index (χ4v) is 5.45. The number of hydrogen-bond donors (Lipinski definition) is 1. The summed E-state index contributed by atoms with van der Waals surface area (Å²) in [5.74, 6) is 1.53. The average Bonchev–Trinajstić information content (AvgIpc) is 2.72. The third-order valence-electron chi connectivity index (χ3n) is 5.99. The van der Waals surface area contributed by atoms with E-state index in [1.165, 1.54) is 6.42 Å². The van der Waals surface area contributed by atoms with Gasteiger partial charge in [-0.25, -0.2) is 0 Å². The van der Waals surface area contributed by atoms with E-state index in [1.54, 1.807) is 0 Å². The molecule has 4 fully saturated rings. The highest BCUT2D eigenvalue weighted by Gasteiger charge is 2.60. The lowest BCUT2D eigenvalue weighted by atomic mass is 9.48. The van der Waals surface area contributed by atoms with E-state index in [4.69, 9.17) is 9.26 Å². The van der Waals surface area contributed by atoms with E-state index < -0.39 is 11.0 Å². The van der Waals surface area contributed by atoms with E-state index in [1.807, 2.05) is 13.8 Å². The van der Waals surface area contributed by atoms with Gasteiger partial charge >= 0.3 is 5.97 Å². The number of esters is 1. The quantitative estimate of drug-likeness (QED) is 0.869. The number of aliphatic hydroxyl groups is 1. The molecule has 1 aromatic rings. The van der Waals surface area contributed by atoms with Crippen LogP contribution in [-0.2, 0) is 16.1 Å². The molecule has 4 bridgehead atoms. The van der Waals surface area contributed by atoms with Crippen molar-refractivity contribution in [3.05, 3.63) is 17.0 Å². The first-order valence-electron chi connectivity index (χ1n) is 8.21. The number of aromatic nitrogens is 1. The largest absolute Gasteiger partial charge is 0.460 e. The van der Waals surface area contributed by atoms with E-state index in [2.05, 4.69) is 5.16 Å². The fourth-order valence-electron chi connectivity index (χ4n) is 5.45. The molecule has 0 radical (unpaired) electrons. The van der Waals surface area contributed by atoms with Gasteiger partial charge in [0.05, 0.1) is 22.3 Å². The number of rotatable bonds is 3. The van der Waals surface area contributed by atoms with Gasteiger partial charge in [0.2, 0.25) is 0 Å². The van der Waals surface area contributed by atoms with Gasteiger partial charge in [-0.3, -0.25) is 4.79 Å². The van der Waals surface area contributed by atoms with Gasteiger partial charge in [0.15, 0.2) is 0 Å². The summed E-state index contributed by atoms with van der Waals surface area (Å²) < 4.78 is 10.7. The van der Waals surface area contributed by atoms with Crippen LogP contribution >= 0.6 is 0 Å². The second-order valence-corrected chi connectivity index (χ2v) is 7.84. The zero-order valence-electron chi connectivity index (χ0n) is 13.2. The van der Waals surface area contributed by atoms with Crippen LogP contribution in [-0.4, -0.2) is 21.8 Å². The molecule has 0 amide bonds. The summed E-state index contributed by atoms with van der Waals surface area (Å²) in [6, 6.07) is 0. The van der Waals surface area contributed by atoms with Gasteiger partial charge in [-0.1, -0.05) is 5.16 Å². The fraction of sp³-hybridized carbons (Fsp3) is 0.765. The lowest BCUT2D eigenvalue weighted by Gasteiger charge is -2.58. The molecule has 5 nitrogen and oxygen atoms in total. The van der Waals surface area contributed by atoms with Crippen LogP contribution in [0.2, 0.25) is 0 Å². The summed E-state index contributed by atoms with van der Waals surface area (Å²) in [6.45, 7) is 3.90. The minimum absolute atomic E-state index is 0.139. The minimum atomic E-state index is -0.633. The van der Waals surface area contributed by atoms with Gasteiger partial charge in [-0.2, -0.15) is 0 Å². The zero-order valence-corrected chi connectivity index (χ0v) is 13.2. The third kappa shape index (κ3) is 2.09. The molecule has 0 unspecified atom stereocenters. The highest BCUT2D eigenvalue weighted by atomic mass is 16.5. The first-order valence-corrected chi connectivity index (χ1v) is 8.21. The Balaban J connectivity index is 1.51. The number of carbonyl (C=O) groups excluding carboxylic acids is 1. The summed E-state index contributed by atoms with van der Waals surface area (Å²) >= 11 is 0. The molecule has 5 rings (SSSR count). The highest BCUT2D eigenvalue weighted by Crippen LogP contribution is 2.62. The maximum absolute atomic E-state index is 12.8. The van der Waals surface area contributed by atoms with E-state index in [0.717, 1.165) is 36.9 Å². The Labute approximate surface area is 130 Å². The maximum Gasteiger partial charge on any atom is 0.312 e. The van der Waals surface area contributed by atoms with Crippen LogP contribution in [0.25, 0.3) is 0 Å². The topological polar surface area (TPSA) is 72.6 Å².